The van der Waals surface area contributed by atoms with Gasteiger partial charge in [0.1, 0.15) is 12.2 Å². The molecule has 0 aromatic heterocycles. The number of aryl methyl sites for hydroxylation is 8. The van der Waals surface area contributed by atoms with Gasteiger partial charge in [0.05, 0.1) is 0 Å². The van der Waals surface area contributed by atoms with Gasteiger partial charge in [0.2, 0.25) is 0 Å². The molecule has 0 radical (unpaired) electrons. The summed E-state index contributed by atoms with van der Waals surface area (Å²) >= 11 is -0.346. The quantitative estimate of drug-likeness (QED) is 0.112. The molecule has 4 atom stereocenters. The van der Waals surface area contributed by atoms with E-state index in [1.807, 2.05) is 27.7 Å². The molecule has 8 aromatic carbocycles. The SMILES string of the molecule is C[C@@H](N)[C@H]1OC(C)(C)O[C@@H]1[C@@H](C)N.Cc1cc(C)cc(P(c2cc(C)cc(C)c2)c2ccc3ccccc3c2-c2c(P(c3cc(C)cc(C)c3)c3cc(C)cc(C)c3)ccc3ccccc23)c1.[Cl][Ru][Cl]. The Labute approximate surface area is 436 Å². The normalized spacial score (nSPS) is 16.3. The first kappa shape index (κ1) is 54.0. The van der Waals surface area contributed by atoms with Crippen LogP contribution < -0.4 is 43.3 Å². The molecule has 4 nitrogen and oxygen atoms in total. The molecule has 1 aliphatic rings. The van der Waals surface area contributed by atoms with Crippen LogP contribution >= 0.6 is 35.2 Å². The van der Waals surface area contributed by atoms with Crippen molar-refractivity contribution in [3.63, 3.8) is 0 Å². The van der Waals surface area contributed by atoms with Gasteiger partial charge in [-0.25, -0.2) is 0 Å². The molecule has 8 aromatic rings. The van der Waals surface area contributed by atoms with Crippen LogP contribution in [0.3, 0.4) is 0 Å². The average Bonchev–Trinajstić information content (AvgIpc) is 3.62. The van der Waals surface area contributed by atoms with Crippen molar-refractivity contribution in [3.8, 4) is 11.1 Å². The summed E-state index contributed by atoms with van der Waals surface area (Å²) in [5.41, 5.74) is 24.8. The molecule has 1 saturated heterocycles. The number of nitrogens with two attached hydrogens (primary N) is 2. The molecular weight excluding hydrogens is 1030 g/mol. The van der Waals surface area contributed by atoms with Crippen molar-refractivity contribution < 1.29 is 24.6 Å². The molecule has 0 unspecified atom stereocenters. The third kappa shape index (κ3) is 12.7. The summed E-state index contributed by atoms with van der Waals surface area (Å²) in [6, 6.07) is 56.5. The topological polar surface area (TPSA) is 70.5 Å². The molecule has 1 fully saturated rings. The van der Waals surface area contributed by atoms with Gasteiger partial charge in [0, 0.05) is 12.1 Å². The van der Waals surface area contributed by atoms with Gasteiger partial charge in [0.15, 0.2) is 5.79 Å². The molecule has 0 bridgehead atoms. The first-order chi connectivity index (χ1) is 33.3. The summed E-state index contributed by atoms with van der Waals surface area (Å²) in [5.74, 6) is -0.559. The maximum atomic E-state index is 5.79. The summed E-state index contributed by atoms with van der Waals surface area (Å²) < 4.78 is 11.3. The van der Waals surface area contributed by atoms with E-state index < -0.39 is 21.6 Å². The van der Waals surface area contributed by atoms with Crippen molar-refractivity contribution in [3.05, 3.63) is 190 Å². The maximum absolute atomic E-state index is 5.79. The van der Waals surface area contributed by atoms with E-state index in [-0.39, 0.29) is 39.4 Å². The molecule has 366 valence electrons. The van der Waals surface area contributed by atoms with Crippen LogP contribution in [-0.2, 0) is 24.6 Å². The fourth-order valence-electron chi connectivity index (χ4n) is 10.2. The van der Waals surface area contributed by atoms with Gasteiger partial charge in [0.25, 0.3) is 0 Å². The molecule has 0 amide bonds. The monoisotopic (exact) mass is 1090 g/mol. The van der Waals surface area contributed by atoms with Crippen LogP contribution in [0.4, 0.5) is 0 Å². The Hall–Kier alpha value is -3.82. The molecule has 0 saturated carbocycles. The zero-order chi connectivity index (χ0) is 50.6. The van der Waals surface area contributed by atoms with Gasteiger partial charge in [-0.05, 0) is 163 Å². The number of hydrogen-bond acceptors (Lipinski definition) is 4. The number of ether oxygens (including phenoxy) is 2. The average molecular weight is 1100 g/mol. The van der Waals surface area contributed by atoms with Crippen LogP contribution in [0.2, 0.25) is 0 Å². The zero-order valence-electron chi connectivity index (χ0n) is 42.6. The Morgan fingerprint density at radius 1 is 0.443 bits per heavy atom. The van der Waals surface area contributed by atoms with E-state index in [9.17, 15) is 0 Å². The minimum absolute atomic E-state index is 0.0576. The fraction of sp³-hybridized carbons (Fsp3) is 0.279. The van der Waals surface area contributed by atoms with Gasteiger partial charge < -0.3 is 20.9 Å². The number of fused-ring (bicyclic) bond motifs is 2. The van der Waals surface area contributed by atoms with E-state index in [1.54, 1.807) is 0 Å². The van der Waals surface area contributed by atoms with Crippen molar-refractivity contribution in [2.45, 2.75) is 113 Å². The fourth-order valence-corrected chi connectivity index (χ4v) is 16.0. The molecule has 4 N–H and O–H groups in total. The molecular formula is C61H68Cl2N2O2P2Ru. The third-order valence-electron chi connectivity index (χ3n) is 12.6. The Bertz CT molecular complexity index is 2750. The Morgan fingerprint density at radius 3 is 0.957 bits per heavy atom. The summed E-state index contributed by atoms with van der Waals surface area (Å²) in [6.07, 6.45) is -0.204. The van der Waals surface area contributed by atoms with Gasteiger partial charge in [-0.15, -0.1) is 0 Å². The van der Waals surface area contributed by atoms with Crippen LogP contribution in [0, 0.1) is 55.4 Å². The summed E-state index contributed by atoms with van der Waals surface area (Å²) in [6.45, 7) is 25.5. The second-order valence-corrected chi connectivity index (χ2v) is 26.8. The van der Waals surface area contributed by atoms with Gasteiger partial charge >= 0.3 is 34.5 Å². The number of hydrogen-bond donors (Lipinski definition) is 2. The standard InChI is InChI=1S/C52H48P2.C9H20N2O2.2ClH.Ru/c1-33-21-34(2)26-43(25-33)53(44-27-35(3)22-36(4)28-44)49-19-17-41-13-9-11-15-47(41)51(49)52-48-16-12-10-14-42(48)18-20-50(52)54(45-29-37(5)23-38(6)30-45)46-31-39(7)24-40(8)32-46;1-5(10)7-8(6(2)11)13-9(3,4)12-7;;;/h9-32H,1-8H3;5-8H,10-11H2,1-4H3;2*1H;/q;;;;+2/p-2/t;5-,6-,7-,8-;;;/m.1.../s1. The molecule has 70 heavy (non-hydrogen) atoms. The summed E-state index contributed by atoms with van der Waals surface area (Å²) in [5, 5.41) is 13.6. The summed E-state index contributed by atoms with van der Waals surface area (Å²) in [4.78, 5) is 0. The Balaban J connectivity index is 0.000000387. The second kappa shape index (κ2) is 23.4. The van der Waals surface area contributed by atoms with Gasteiger partial charge in [-0.3, -0.25) is 0 Å². The molecule has 9 rings (SSSR count). The number of halogens is 2. The molecule has 1 aliphatic heterocycles. The van der Waals surface area contributed by atoms with Crippen LogP contribution in [-0.4, -0.2) is 30.1 Å². The summed E-state index contributed by atoms with van der Waals surface area (Å²) in [7, 11) is 7.83. The second-order valence-electron chi connectivity index (χ2n) is 19.7. The zero-order valence-corrected chi connectivity index (χ0v) is 47.7. The Kier molecular flexibility index (Phi) is 18.0. The molecule has 1 heterocycles. The van der Waals surface area contributed by atoms with Crippen LogP contribution in [0.1, 0.15) is 72.2 Å². The number of rotatable bonds is 9. The molecule has 0 aliphatic carbocycles. The van der Waals surface area contributed by atoms with Crippen LogP contribution in [0.25, 0.3) is 32.7 Å². The van der Waals surface area contributed by atoms with Gasteiger partial charge in [-0.2, -0.15) is 0 Å². The first-order valence-corrected chi connectivity index (χ1v) is 31.1. The first-order valence-electron chi connectivity index (χ1n) is 24.0. The molecule has 9 heteroatoms. The van der Waals surface area contributed by atoms with Crippen molar-refractivity contribution in [2.75, 3.05) is 0 Å². The van der Waals surface area contributed by atoms with Crippen molar-refractivity contribution in [2.24, 2.45) is 11.5 Å². The van der Waals surface area contributed by atoms with E-state index in [0.717, 1.165) is 0 Å². The van der Waals surface area contributed by atoms with Crippen LogP contribution in [0.5, 0.6) is 0 Å². The van der Waals surface area contributed by atoms with Crippen LogP contribution in [0.15, 0.2) is 146 Å². The third-order valence-corrected chi connectivity index (χ3v) is 17.4. The minimum atomic E-state index is -0.937. The predicted octanol–water partition coefficient (Wildman–Crippen LogP) is 13.2. The van der Waals surface area contributed by atoms with E-state index in [0.29, 0.717) is 0 Å². The Morgan fingerprint density at radius 2 is 0.700 bits per heavy atom. The molecule has 0 spiro atoms. The van der Waals surface area contributed by atoms with E-state index in [4.69, 9.17) is 40.3 Å². The van der Waals surface area contributed by atoms with Crippen molar-refractivity contribution in [1.29, 1.82) is 0 Å². The van der Waals surface area contributed by atoms with Crippen molar-refractivity contribution >= 4 is 88.6 Å². The van der Waals surface area contributed by atoms with Crippen molar-refractivity contribution in [1.82, 2.24) is 0 Å². The van der Waals surface area contributed by atoms with E-state index in [1.165, 1.54) is 109 Å². The number of benzene rings is 8. The van der Waals surface area contributed by atoms with E-state index in [2.05, 4.69) is 201 Å². The van der Waals surface area contributed by atoms with E-state index >= 15 is 0 Å². The predicted molar refractivity (Wildman–Crippen MR) is 305 cm³/mol. The van der Waals surface area contributed by atoms with Gasteiger partial charge in [-0.1, -0.05) is 190 Å².